The highest BCUT2D eigenvalue weighted by Gasteiger charge is 2.36. The summed E-state index contributed by atoms with van der Waals surface area (Å²) >= 11 is 0. The molecule has 1 saturated heterocycles. The van der Waals surface area contributed by atoms with Crippen LogP contribution in [0.25, 0.3) is 0 Å². The molecule has 13 heteroatoms. The first-order chi connectivity index (χ1) is 14.7. The Morgan fingerprint density at radius 1 is 1.26 bits per heavy atom. The van der Waals surface area contributed by atoms with Crippen LogP contribution in [0.3, 0.4) is 0 Å². The summed E-state index contributed by atoms with van der Waals surface area (Å²) in [6.45, 7) is 0.126. The number of carboxylic acids is 1. The van der Waals surface area contributed by atoms with Crippen LogP contribution in [0.5, 0.6) is 0 Å². The van der Waals surface area contributed by atoms with E-state index in [0.717, 1.165) is 0 Å². The second-order valence-corrected chi connectivity index (χ2v) is 7.20. The van der Waals surface area contributed by atoms with Gasteiger partial charge in [-0.2, -0.15) is 0 Å². The van der Waals surface area contributed by atoms with Crippen LogP contribution in [0.2, 0.25) is 0 Å². The highest BCUT2D eigenvalue weighted by Crippen LogP contribution is 2.17. The van der Waals surface area contributed by atoms with E-state index in [9.17, 15) is 29.1 Å². The minimum atomic E-state index is -1.29. The number of aliphatic carboxylic acids is 1. The molecule has 2 heterocycles. The molecular formula is C18H27N7O6. The number of carbonyl (C=O) groups is 5. The Bertz CT molecular complexity index is 812. The number of primary amides is 1. The molecule has 31 heavy (non-hydrogen) atoms. The topological polar surface area (TPSA) is 214 Å². The number of hydrogen-bond donors (Lipinski definition) is 6. The first kappa shape index (κ1) is 23.8. The molecule has 0 bridgehead atoms. The predicted molar refractivity (Wildman–Crippen MR) is 106 cm³/mol. The van der Waals surface area contributed by atoms with Crippen molar-refractivity contribution in [3.63, 3.8) is 0 Å². The van der Waals surface area contributed by atoms with E-state index in [1.165, 1.54) is 17.4 Å². The summed E-state index contributed by atoms with van der Waals surface area (Å²) in [5.41, 5.74) is 11.0. The van der Waals surface area contributed by atoms with Crippen molar-refractivity contribution < 1.29 is 29.1 Å². The maximum atomic E-state index is 12.8. The third kappa shape index (κ3) is 6.77. The molecule has 0 radical (unpaired) electrons. The average molecular weight is 437 g/mol. The van der Waals surface area contributed by atoms with Crippen LogP contribution in [0, 0.1) is 0 Å². The lowest BCUT2D eigenvalue weighted by atomic mass is 10.1. The Morgan fingerprint density at radius 2 is 2.00 bits per heavy atom. The Morgan fingerprint density at radius 3 is 2.58 bits per heavy atom. The number of hydrogen-bond acceptors (Lipinski definition) is 7. The third-order valence-electron chi connectivity index (χ3n) is 4.96. The molecule has 8 N–H and O–H groups in total. The van der Waals surface area contributed by atoms with Crippen LogP contribution < -0.4 is 22.1 Å². The molecule has 0 aromatic carbocycles. The quantitative estimate of drug-likeness (QED) is 0.212. The average Bonchev–Trinajstić information content (AvgIpc) is 3.41. The van der Waals surface area contributed by atoms with Gasteiger partial charge in [-0.3, -0.25) is 19.2 Å². The van der Waals surface area contributed by atoms with Crippen LogP contribution >= 0.6 is 0 Å². The van der Waals surface area contributed by atoms with Gasteiger partial charge in [-0.05, 0) is 19.3 Å². The van der Waals surface area contributed by atoms with E-state index in [1.54, 1.807) is 0 Å². The molecule has 0 spiro atoms. The van der Waals surface area contributed by atoms with Crippen molar-refractivity contribution in [2.45, 2.75) is 50.2 Å². The Kier molecular flexibility index (Phi) is 8.49. The molecule has 4 amide bonds. The Labute approximate surface area is 177 Å². The molecule has 0 saturated carbocycles. The van der Waals surface area contributed by atoms with Gasteiger partial charge in [-0.15, -0.1) is 0 Å². The van der Waals surface area contributed by atoms with Crippen molar-refractivity contribution in [3.05, 3.63) is 18.2 Å². The second kappa shape index (κ2) is 11.1. The fraction of sp³-hybridized carbons (Fsp3) is 0.556. The smallest absolute Gasteiger partial charge is 0.326 e. The number of rotatable bonds is 11. The van der Waals surface area contributed by atoms with Crippen molar-refractivity contribution in [2.75, 3.05) is 13.1 Å². The van der Waals surface area contributed by atoms with Gasteiger partial charge in [-0.1, -0.05) is 0 Å². The first-order valence-corrected chi connectivity index (χ1v) is 9.81. The van der Waals surface area contributed by atoms with Gasteiger partial charge in [-0.25, -0.2) is 9.78 Å². The molecule has 1 aliphatic heterocycles. The number of carboxylic acid groups (broad SMARTS) is 1. The van der Waals surface area contributed by atoms with E-state index in [-0.39, 0.29) is 31.7 Å². The first-order valence-electron chi connectivity index (χ1n) is 9.81. The fourth-order valence-electron chi connectivity index (χ4n) is 3.37. The van der Waals surface area contributed by atoms with Gasteiger partial charge < -0.3 is 37.1 Å². The summed E-state index contributed by atoms with van der Waals surface area (Å²) in [6.07, 6.45) is 3.43. The van der Waals surface area contributed by atoms with Gasteiger partial charge in [0.25, 0.3) is 0 Å². The van der Waals surface area contributed by atoms with Crippen LogP contribution in [-0.2, 0) is 30.4 Å². The normalized spacial score (nSPS) is 17.6. The van der Waals surface area contributed by atoms with Crippen molar-refractivity contribution >= 4 is 29.6 Å². The van der Waals surface area contributed by atoms with E-state index >= 15 is 0 Å². The number of H-pyrrole nitrogens is 1. The maximum Gasteiger partial charge on any atom is 0.326 e. The molecule has 1 fully saturated rings. The summed E-state index contributed by atoms with van der Waals surface area (Å²) in [4.78, 5) is 68.1. The third-order valence-corrected chi connectivity index (χ3v) is 4.96. The molecule has 1 aliphatic rings. The lowest BCUT2D eigenvalue weighted by molar-refractivity contribution is -0.143. The lowest BCUT2D eigenvalue weighted by Crippen LogP contribution is -2.56. The van der Waals surface area contributed by atoms with Gasteiger partial charge >= 0.3 is 5.97 Å². The Balaban J connectivity index is 2.09. The van der Waals surface area contributed by atoms with E-state index in [0.29, 0.717) is 25.1 Å². The van der Waals surface area contributed by atoms with E-state index < -0.39 is 41.8 Å². The van der Waals surface area contributed by atoms with Gasteiger partial charge in [0.15, 0.2) is 0 Å². The Hall–Kier alpha value is -3.48. The predicted octanol–water partition coefficient (Wildman–Crippen LogP) is -2.78. The van der Waals surface area contributed by atoms with Gasteiger partial charge in [0.05, 0.1) is 12.9 Å². The van der Waals surface area contributed by atoms with Gasteiger partial charge in [0, 0.05) is 31.3 Å². The minimum absolute atomic E-state index is 0.0566. The summed E-state index contributed by atoms with van der Waals surface area (Å²) < 4.78 is 0. The molecule has 3 atom stereocenters. The second-order valence-electron chi connectivity index (χ2n) is 7.20. The molecule has 170 valence electrons. The SMILES string of the molecule is NCC(=O)N1CCCC1C(=O)NC(CCC(N)=O)C(=O)NC(Cc1cnc[nH]1)C(=O)O. The number of nitrogens with two attached hydrogens (primary N) is 2. The highest BCUT2D eigenvalue weighted by molar-refractivity contribution is 5.94. The molecule has 1 aromatic heterocycles. The molecule has 2 rings (SSSR count). The number of carbonyl (C=O) groups excluding carboxylic acids is 4. The van der Waals surface area contributed by atoms with Crippen molar-refractivity contribution in [2.24, 2.45) is 11.5 Å². The number of imidazole rings is 1. The molecule has 1 aromatic rings. The standard InChI is InChI=1S/C18H27N7O6/c19-7-15(27)25-5-1-2-13(25)17(29)23-11(3-4-14(20)26)16(28)24-12(18(30)31)6-10-8-21-9-22-10/h8-9,11-13H,1-7,19H2,(H2,20,26)(H,21,22)(H,23,29)(H,24,28)(H,30,31). The summed E-state index contributed by atoms with van der Waals surface area (Å²) in [6, 6.07) is -3.29. The van der Waals surface area contributed by atoms with Crippen molar-refractivity contribution in [3.8, 4) is 0 Å². The highest BCUT2D eigenvalue weighted by atomic mass is 16.4. The van der Waals surface area contributed by atoms with Gasteiger partial charge in [0.2, 0.25) is 23.6 Å². The zero-order valence-corrected chi connectivity index (χ0v) is 16.9. The zero-order chi connectivity index (χ0) is 23.0. The molecular weight excluding hydrogens is 410 g/mol. The number of nitrogens with one attached hydrogen (secondary N) is 3. The number of aromatic amines is 1. The van der Waals surface area contributed by atoms with Crippen molar-refractivity contribution in [1.82, 2.24) is 25.5 Å². The minimum Gasteiger partial charge on any atom is -0.480 e. The molecule has 0 aliphatic carbocycles. The lowest BCUT2D eigenvalue weighted by Gasteiger charge is -2.26. The van der Waals surface area contributed by atoms with Crippen LogP contribution in [0.1, 0.15) is 31.4 Å². The maximum absolute atomic E-state index is 12.8. The van der Waals surface area contributed by atoms with Gasteiger partial charge in [0.1, 0.15) is 18.1 Å². The number of likely N-dealkylation sites (tertiary alicyclic amines) is 1. The fourth-order valence-corrected chi connectivity index (χ4v) is 3.37. The number of aromatic nitrogens is 2. The number of amides is 4. The molecule has 3 unspecified atom stereocenters. The molecule has 13 nitrogen and oxygen atoms in total. The van der Waals surface area contributed by atoms with E-state index in [2.05, 4.69) is 20.6 Å². The summed E-state index contributed by atoms with van der Waals surface area (Å²) in [7, 11) is 0. The van der Waals surface area contributed by atoms with E-state index in [1.807, 2.05) is 0 Å². The largest absolute Gasteiger partial charge is 0.480 e. The summed E-state index contributed by atoms with van der Waals surface area (Å²) in [5.74, 6) is -3.71. The van der Waals surface area contributed by atoms with E-state index in [4.69, 9.17) is 11.5 Å². The van der Waals surface area contributed by atoms with Crippen LogP contribution in [0.15, 0.2) is 12.5 Å². The monoisotopic (exact) mass is 437 g/mol. The van der Waals surface area contributed by atoms with Crippen molar-refractivity contribution in [1.29, 1.82) is 0 Å². The van der Waals surface area contributed by atoms with Crippen LogP contribution in [0.4, 0.5) is 0 Å². The number of nitrogens with zero attached hydrogens (tertiary/aromatic N) is 2. The summed E-state index contributed by atoms with van der Waals surface area (Å²) in [5, 5.41) is 14.3. The zero-order valence-electron chi connectivity index (χ0n) is 16.9. The van der Waals surface area contributed by atoms with Crippen LogP contribution in [-0.4, -0.2) is 80.8 Å².